The highest BCUT2D eigenvalue weighted by Gasteiger charge is 2.29. The first-order valence-corrected chi connectivity index (χ1v) is 6.62. The number of carbonyl (C=O) groups is 1. The van der Waals surface area contributed by atoms with Crippen LogP contribution in [0.15, 0.2) is 5.10 Å². The molecule has 104 valence electrons. The molecule has 1 N–H and O–H groups in total. The number of ether oxygens (including phenoxy) is 1. The maximum atomic E-state index is 11.5. The van der Waals surface area contributed by atoms with E-state index in [4.69, 9.17) is 4.74 Å². The molecule has 1 aliphatic rings. The van der Waals surface area contributed by atoms with Gasteiger partial charge >= 0.3 is 6.09 Å². The Morgan fingerprint density at radius 3 is 2.56 bits per heavy atom. The SMILES string of the molecule is CC1C/C(=N\NC(=O)OC(C)(C)C)CC(C)(C)C1. The van der Waals surface area contributed by atoms with Crippen molar-refractivity contribution in [1.82, 2.24) is 5.43 Å². The molecule has 1 fully saturated rings. The van der Waals surface area contributed by atoms with Crippen molar-refractivity contribution in [1.29, 1.82) is 0 Å². The van der Waals surface area contributed by atoms with Gasteiger partial charge in [-0.15, -0.1) is 0 Å². The van der Waals surface area contributed by atoms with Crippen LogP contribution < -0.4 is 5.43 Å². The first-order valence-electron chi connectivity index (χ1n) is 6.62. The van der Waals surface area contributed by atoms with Gasteiger partial charge in [0, 0.05) is 5.71 Å². The Hall–Kier alpha value is -1.06. The van der Waals surface area contributed by atoms with E-state index in [-0.39, 0.29) is 5.41 Å². The van der Waals surface area contributed by atoms with Crippen molar-refractivity contribution in [2.45, 2.75) is 66.4 Å². The molecule has 0 heterocycles. The normalized spacial score (nSPS) is 25.9. The van der Waals surface area contributed by atoms with E-state index in [2.05, 4.69) is 31.3 Å². The monoisotopic (exact) mass is 254 g/mol. The summed E-state index contributed by atoms with van der Waals surface area (Å²) in [7, 11) is 0. The summed E-state index contributed by atoms with van der Waals surface area (Å²) in [6.45, 7) is 12.2. The van der Waals surface area contributed by atoms with Gasteiger partial charge in [-0.1, -0.05) is 20.8 Å². The van der Waals surface area contributed by atoms with Gasteiger partial charge in [-0.25, -0.2) is 10.2 Å². The molecular weight excluding hydrogens is 228 g/mol. The molecule has 1 aliphatic carbocycles. The van der Waals surface area contributed by atoms with Gasteiger partial charge in [-0.3, -0.25) is 0 Å². The quantitative estimate of drug-likeness (QED) is 0.725. The summed E-state index contributed by atoms with van der Waals surface area (Å²) < 4.78 is 5.15. The van der Waals surface area contributed by atoms with Crippen LogP contribution in [-0.4, -0.2) is 17.4 Å². The van der Waals surface area contributed by atoms with E-state index >= 15 is 0 Å². The molecule has 1 rings (SSSR count). The minimum absolute atomic E-state index is 0.270. The largest absolute Gasteiger partial charge is 0.443 e. The van der Waals surface area contributed by atoms with E-state index in [0.717, 1.165) is 18.6 Å². The van der Waals surface area contributed by atoms with Crippen LogP contribution in [0.3, 0.4) is 0 Å². The molecule has 0 aromatic heterocycles. The Kier molecular flexibility index (Phi) is 4.41. The standard InChI is InChI=1S/C14H26N2O2/c1-10-7-11(9-14(5,6)8-10)15-16-12(17)18-13(2,3)4/h10H,7-9H2,1-6H3,(H,16,17)/b15-11+. The Morgan fingerprint density at radius 2 is 2.06 bits per heavy atom. The van der Waals surface area contributed by atoms with Crippen LogP contribution in [0.1, 0.15) is 60.8 Å². The maximum Gasteiger partial charge on any atom is 0.428 e. The Morgan fingerprint density at radius 1 is 1.44 bits per heavy atom. The smallest absolute Gasteiger partial charge is 0.428 e. The van der Waals surface area contributed by atoms with Gasteiger partial charge < -0.3 is 4.74 Å². The zero-order valence-electron chi connectivity index (χ0n) is 12.5. The Bertz CT molecular complexity index is 340. The molecular formula is C14H26N2O2. The molecule has 4 nitrogen and oxygen atoms in total. The fraction of sp³-hybridized carbons (Fsp3) is 0.857. The molecule has 4 heteroatoms. The first kappa shape index (κ1) is 15.0. The molecule has 0 aliphatic heterocycles. The lowest BCUT2D eigenvalue weighted by Gasteiger charge is -2.34. The number of rotatable bonds is 1. The highest BCUT2D eigenvalue weighted by molar-refractivity contribution is 5.86. The lowest BCUT2D eigenvalue weighted by molar-refractivity contribution is 0.0528. The summed E-state index contributed by atoms with van der Waals surface area (Å²) in [5.74, 6) is 0.618. The van der Waals surface area contributed by atoms with Gasteiger partial charge in [0.1, 0.15) is 5.60 Å². The number of hydrogen-bond acceptors (Lipinski definition) is 3. The molecule has 1 amide bonds. The van der Waals surface area contributed by atoms with Crippen LogP contribution in [-0.2, 0) is 4.74 Å². The average molecular weight is 254 g/mol. The number of carbonyl (C=O) groups excluding carboxylic acids is 1. The number of hydrazone groups is 1. The van der Waals surface area contributed by atoms with Gasteiger partial charge in [0.25, 0.3) is 0 Å². The second kappa shape index (κ2) is 5.29. The van der Waals surface area contributed by atoms with E-state index in [0.29, 0.717) is 5.92 Å². The molecule has 1 saturated carbocycles. The fourth-order valence-corrected chi connectivity index (χ4v) is 2.63. The zero-order chi connectivity index (χ0) is 14.0. The van der Waals surface area contributed by atoms with Gasteiger partial charge in [0.05, 0.1) is 0 Å². The molecule has 0 bridgehead atoms. The minimum atomic E-state index is -0.483. The van der Waals surface area contributed by atoms with Crippen molar-refractivity contribution in [2.24, 2.45) is 16.4 Å². The van der Waals surface area contributed by atoms with E-state index in [9.17, 15) is 4.79 Å². The van der Waals surface area contributed by atoms with Gasteiger partial charge in [0.15, 0.2) is 0 Å². The van der Waals surface area contributed by atoms with Crippen molar-refractivity contribution in [3.8, 4) is 0 Å². The number of amides is 1. The van der Waals surface area contributed by atoms with Crippen molar-refractivity contribution >= 4 is 11.8 Å². The zero-order valence-corrected chi connectivity index (χ0v) is 12.5. The van der Waals surface area contributed by atoms with E-state index < -0.39 is 11.7 Å². The first-order chi connectivity index (χ1) is 8.07. The molecule has 0 aromatic rings. The number of hydrogen-bond donors (Lipinski definition) is 1. The average Bonchev–Trinajstić information content (AvgIpc) is 2.08. The van der Waals surface area contributed by atoms with E-state index in [1.807, 2.05) is 20.8 Å². The number of nitrogens with one attached hydrogen (secondary N) is 1. The van der Waals surface area contributed by atoms with Crippen molar-refractivity contribution in [3.63, 3.8) is 0 Å². The Labute approximate surface area is 110 Å². The summed E-state index contributed by atoms with van der Waals surface area (Å²) in [4.78, 5) is 11.5. The molecule has 0 saturated heterocycles. The molecule has 1 atom stereocenters. The molecule has 1 unspecified atom stereocenters. The van der Waals surface area contributed by atoms with Crippen molar-refractivity contribution < 1.29 is 9.53 Å². The van der Waals surface area contributed by atoms with Crippen LogP contribution in [0.4, 0.5) is 4.79 Å². The fourth-order valence-electron chi connectivity index (χ4n) is 2.63. The predicted octanol–water partition coefficient (Wildman–Crippen LogP) is 3.71. The summed E-state index contributed by atoms with van der Waals surface area (Å²) >= 11 is 0. The second-order valence-corrected chi connectivity index (χ2v) is 7.15. The third-order valence-electron chi connectivity index (χ3n) is 2.87. The Balaban J connectivity index is 2.54. The van der Waals surface area contributed by atoms with Crippen LogP contribution in [0.25, 0.3) is 0 Å². The molecule has 0 spiro atoms. The van der Waals surface area contributed by atoms with Crippen LogP contribution >= 0.6 is 0 Å². The minimum Gasteiger partial charge on any atom is -0.443 e. The van der Waals surface area contributed by atoms with Crippen LogP contribution in [0, 0.1) is 11.3 Å². The molecule has 0 radical (unpaired) electrons. The highest BCUT2D eigenvalue weighted by Crippen LogP contribution is 2.36. The topological polar surface area (TPSA) is 50.7 Å². The van der Waals surface area contributed by atoms with Crippen LogP contribution in [0.5, 0.6) is 0 Å². The highest BCUT2D eigenvalue weighted by atomic mass is 16.6. The van der Waals surface area contributed by atoms with Gasteiger partial charge in [-0.05, 0) is 51.4 Å². The van der Waals surface area contributed by atoms with Crippen molar-refractivity contribution in [2.75, 3.05) is 0 Å². The second-order valence-electron chi connectivity index (χ2n) is 7.15. The third kappa shape index (κ3) is 5.52. The van der Waals surface area contributed by atoms with Gasteiger partial charge in [0.2, 0.25) is 0 Å². The summed E-state index contributed by atoms with van der Waals surface area (Å²) in [6.07, 6.45) is 2.62. The van der Waals surface area contributed by atoms with Gasteiger partial charge in [-0.2, -0.15) is 5.10 Å². The summed E-state index contributed by atoms with van der Waals surface area (Å²) in [5, 5.41) is 4.21. The van der Waals surface area contributed by atoms with E-state index in [1.165, 1.54) is 6.42 Å². The third-order valence-corrected chi connectivity index (χ3v) is 2.87. The molecule has 18 heavy (non-hydrogen) atoms. The molecule has 0 aromatic carbocycles. The lowest BCUT2D eigenvalue weighted by Crippen LogP contribution is -2.33. The van der Waals surface area contributed by atoms with E-state index in [1.54, 1.807) is 0 Å². The van der Waals surface area contributed by atoms with Crippen LogP contribution in [0.2, 0.25) is 0 Å². The summed E-state index contributed by atoms with van der Waals surface area (Å²) in [5.41, 5.74) is 3.34. The number of nitrogens with zero attached hydrogens (tertiary/aromatic N) is 1. The lowest BCUT2D eigenvalue weighted by atomic mass is 9.72. The predicted molar refractivity (Wildman–Crippen MR) is 73.6 cm³/mol. The maximum absolute atomic E-state index is 11.5. The van der Waals surface area contributed by atoms with Crippen molar-refractivity contribution in [3.05, 3.63) is 0 Å². The summed E-state index contributed by atoms with van der Waals surface area (Å²) in [6, 6.07) is 0.